The van der Waals surface area contributed by atoms with Gasteiger partial charge in [-0.05, 0) is 17.7 Å². The second-order valence-corrected chi connectivity index (χ2v) is 8.01. The second kappa shape index (κ2) is 6.72. The Bertz CT molecular complexity index is 1150. The van der Waals surface area contributed by atoms with Crippen molar-refractivity contribution in [2.75, 3.05) is 6.54 Å². The van der Waals surface area contributed by atoms with E-state index in [1.807, 2.05) is 12.1 Å². The van der Waals surface area contributed by atoms with Crippen molar-refractivity contribution in [3.63, 3.8) is 0 Å². The Morgan fingerprint density at radius 2 is 1.93 bits per heavy atom. The number of benzene rings is 1. The number of fused-ring (bicyclic) bond motifs is 3. The molecule has 1 unspecified atom stereocenters. The molecule has 1 aliphatic rings. The van der Waals surface area contributed by atoms with E-state index in [0.29, 0.717) is 5.82 Å². The van der Waals surface area contributed by atoms with Crippen molar-refractivity contribution >= 4 is 21.6 Å². The smallest absolute Gasteiger partial charge is 0.260 e. The Kier molecular flexibility index (Phi) is 4.07. The number of thiophene rings is 1. The maximum atomic E-state index is 12.8. The van der Waals surface area contributed by atoms with Gasteiger partial charge in [-0.2, -0.15) is 0 Å². The minimum Gasteiger partial charge on any atom is -0.326 e. The van der Waals surface area contributed by atoms with Gasteiger partial charge in [0.1, 0.15) is 23.7 Å². The highest BCUT2D eigenvalue weighted by molar-refractivity contribution is 7.18. The highest BCUT2D eigenvalue weighted by Gasteiger charge is 2.26. The quantitative estimate of drug-likeness (QED) is 0.577. The third-order valence-corrected chi connectivity index (χ3v) is 6.26. The molecule has 0 saturated heterocycles. The molecule has 0 fully saturated rings. The summed E-state index contributed by atoms with van der Waals surface area (Å²) in [5, 5.41) is 0.784. The lowest BCUT2D eigenvalue weighted by molar-refractivity contribution is -0.929. The molecule has 0 aliphatic carbocycles. The highest BCUT2D eigenvalue weighted by Crippen LogP contribution is 2.30. The summed E-state index contributed by atoms with van der Waals surface area (Å²) in [5.41, 5.74) is 3.40. The second-order valence-electron chi connectivity index (χ2n) is 6.92. The van der Waals surface area contributed by atoms with Gasteiger partial charge in [-0.3, -0.25) is 9.78 Å². The van der Waals surface area contributed by atoms with Crippen LogP contribution in [0.5, 0.6) is 0 Å². The molecule has 1 aromatic carbocycles. The number of pyridine rings is 1. The summed E-state index contributed by atoms with van der Waals surface area (Å²) in [6, 6.07) is 14.3. The first-order chi connectivity index (χ1) is 13.3. The normalized spacial score (nSPS) is 16.4. The van der Waals surface area contributed by atoms with Gasteiger partial charge in [-0.1, -0.05) is 30.3 Å². The molecule has 1 aliphatic heterocycles. The lowest BCUT2D eigenvalue weighted by atomic mass is 10.0. The van der Waals surface area contributed by atoms with Crippen LogP contribution in [0.15, 0.2) is 59.7 Å². The van der Waals surface area contributed by atoms with E-state index in [0.717, 1.165) is 41.8 Å². The summed E-state index contributed by atoms with van der Waals surface area (Å²) >= 11 is 1.67. The van der Waals surface area contributed by atoms with E-state index in [9.17, 15) is 4.79 Å². The van der Waals surface area contributed by atoms with E-state index in [2.05, 4.69) is 40.3 Å². The number of aromatic nitrogens is 3. The lowest BCUT2D eigenvalue weighted by Crippen LogP contribution is -3.10. The van der Waals surface area contributed by atoms with Gasteiger partial charge in [0.05, 0.1) is 16.8 Å². The van der Waals surface area contributed by atoms with E-state index in [-0.39, 0.29) is 5.56 Å². The van der Waals surface area contributed by atoms with Gasteiger partial charge in [-0.15, -0.1) is 11.3 Å². The maximum Gasteiger partial charge on any atom is 0.260 e. The fourth-order valence-corrected chi connectivity index (χ4v) is 5.11. The summed E-state index contributed by atoms with van der Waals surface area (Å²) in [6.07, 6.45) is 4.35. The predicted molar refractivity (Wildman–Crippen MR) is 107 cm³/mol. The fourth-order valence-electron chi connectivity index (χ4n) is 3.82. The van der Waals surface area contributed by atoms with Crippen LogP contribution in [0.3, 0.4) is 0 Å². The van der Waals surface area contributed by atoms with Crippen molar-refractivity contribution in [1.82, 2.24) is 15.0 Å². The zero-order valence-corrected chi connectivity index (χ0v) is 15.6. The van der Waals surface area contributed by atoms with Crippen LogP contribution in [-0.4, -0.2) is 21.5 Å². The Morgan fingerprint density at radius 1 is 1.11 bits per heavy atom. The van der Waals surface area contributed by atoms with Crippen LogP contribution in [-0.2, 0) is 19.5 Å². The molecule has 0 radical (unpaired) electrons. The zero-order chi connectivity index (χ0) is 18.2. The molecule has 27 heavy (non-hydrogen) atoms. The average molecular weight is 375 g/mol. The van der Waals surface area contributed by atoms with Gasteiger partial charge in [0.2, 0.25) is 0 Å². The third-order valence-electron chi connectivity index (χ3n) is 5.13. The number of quaternary nitrogens is 1. The summed E-state index contributed by atoms with van der Waals surface area (Å²) in [5.74, 6) is 0.613. The van der Waals surface area contributed by atoms with Crippen molar-refractivity contribution in [3.8, 4) is 11.4 Å². The topological polar surface area (TPSA) is 63.1 Å². The van der Waals surface area contributed by atoms with Gasteiger partial charge in [0, 0.05) is 29.9 Å². The first-order valence-corrected chi connectivity index (χ1v) is 9.92. The highest BCUT2D eigenvalue weighted by atomic mass is 32.1. The van der Waals surface area contributed by atoms with Crippen molar-refractivity contribution in [1.29, 1.82) is 0 Å². The number of hydrogen-bond acceptors (Lipinski definition) is 4. The Hall–Kier alpha value is -2.83. The van der Waals surface area contributed by atoms with Gasteiger partial charge in [0.25, 0.3) is 5.56 Å². The molecule has 3 aromatic heterocycles. The van der Waals surface area contributed by atoms with E-state index < -0.39 is 0 Å². The standard InChI is InChI=1S/C21H18N4OS/c26-20-18-16-8-11-25(12-14-4-2-1-3-5-14)13-17(16)27-21(18)24-19(23-20)15-6-9-22-10-7-15/h1-7,9-10H,8,11-13H2,(H,23,24,26)/p+1. The minimum atomic E-state index is -0.0316. The molecular formula is C21H19N4OS+. The van der Waals surface area contributed by atoms with Crippen LogP contribution in [0.2, 0.25) is 0 Å². The van der Waals surface area contributed by atoms with Crippen LogP contribution in [0.25, 0.3) is 21.6 Å². The molecule has 5 rings (SSSR count). The molecule has 0 amide bonds. The van der Waals surface area contributed by atoms with E-state index in [1.54, 1.807) is 23.7 Å². The molecule has 2 N–H and O–H groups in total. The number of H-pyrrole nitrogens is 1. The molecular weight excluding hydrogens is 356 g/mol. The van der Waals surface area contributed by atoms with Gasteiger partial charge in [-0.25, -0.2) is 4.98 Å². The van der Waals surface area contributed by atoms with Crippen LogP contribution < -0.4 is 10.5 Å². The largest absolute Gasteiger partial charge is 0.326 e. The van der Waals surface area contributed by atoms with Crippen LogP contribution >= 0.6 is 11.3 Å². The zero-order valence-electron chi connectivity index (χ0n) is 14.7. The first kappa shape index (κ1) is 16.4. The monoisotopic (exact) mass is 375 g/mol. The molecule has 6 heteroatoms. The number of aromatic amines is 1. The van der Waals surface area contributed by atoms with E-state index in [1.165, 1.54) is 20.9 Å². The third kappa shape index (κ3) is 3.07. The van der Waals surface area contributed by atoms with E-state index >= 15 is 0 Å². The van der Waals surface area contributed by atoms with Crippen molar-refractivity contribution in [2.45, 2.75) is 19.5 Å². The number of hydrogen-bond donors (Lipinski definition) is 2. The summed E-state index contributed by atoms with van der Waals surface area (Å²) in [6.45, 7) is 3.01. The van der Waals surface area contributed by atoms with Crippen LogP contribution in [0, 0.1) is 0 Å². The van der Waals surface area contributed by atoms with Crippen molar-refractivity contribution in [3.05, 3.63) is 81.2 Å². The van der Waals surface area contributed by atoms with Gasteiger partial charge in [0.15, 0.2) is 0 Å². The van der Waals surface area contributed by atoms with Crippen molar-refractivity contribution < 1.29 is 4.90 Å². The molecule has 4 heterocycles. The fraction of sp³-hybridized carbons (Fsp3) is 0.190. The van der Waals surface area contributed by atoms with E-state index in [4.69, 9.17) is 4.98 Å². The van der Waals surface area contributed by atoms with Gasteiger partial charge >= 0.3 is 0 Å². The van der Waals surface area contributed by atoms with Crippen LogP contribution in [0.4, 0.5) is 0 Å². The molecule has 134 valence electrons. The number of nitrogens with one attached hydrogen (secondary N) is 2. The van der Waals surface area contributed by atoms with Gasteiger partial charge < -0.3 is 9.88 Å². The molecule has 4 aromatic rings. The summed E-state index contributed by atoms with van der Waals surface area (Å²) < 4.78 is 0. The first-order valence-electron chi connectivity index (χ1n) is 9.10. The molecule has 5 nitrogen and oxygen atoms in total. The molecule has 0 saturated carbocycles. The molecule has 0 spiro atoms. The lowest BCUT2D eigenvalue weighted by Gasteiger charge is -2.23. The minimum absolute atomic E-state index is 0.0316. The molecule has 0 bridgehead atoms. The number of rotatable bonds is 3. The van der Waals surface area contributed by atoms with Crippen molar-refractivity contribution in [2.24, 2.45) is 0 Å². The molecule has 1 atom stereocenters. The maximum absolute atomic E-state index is 12.8. The average Bonchev–Trinajstić information content (AvgIpc) is 3.07. The van der Waals surface area contributed by atoms with Crippen LogP contribution in [0.1, 0.15) is 16.0 Å². The SMILES string of the molecule is O=c1[nH]c(-c2ccncc2)nc2sc3c(c12)CC[NH+](Cc1ccccc1)C3. The number of nitrogens with zero attached hydrogens (tertiary/aromatic N) is 2. The Balaban J connectivity index is 1.50. The Morgan fingerprint density at radius 3 is 2.74 bits per heavy atom. The summed E-state index contributed by atoms with van der Waals surface area (Å²) in [7, 11) is 0. The predicted octanol–water partition coefficient (Wildman–Crippen LogP) is 2.19. The Labute approximate surface area is 160 Å². The summed E-state index contributed by atoms with van der Waals surface area (Å²) in [4.78, 5) is 28.2.